The predicted molar refractivity (Wildman–Crippen MR) is 101 cm³/mol. The van der Waals surface area contributed by atoms with Crippen molar-refractivity contribution in [2.45, 2.75) is 5.92 Å². The van der Waals surface area contributed by atoms with Crippen LogP contribution in [0.15, 0.2) is 64.9 Å². The minimum Gasteiger partial charge on any atom is -0.434 e. The number of ether oxygens (including phenoxy) is 1. The van der Waals surface area contributed by atoms with Crippen LogP contribution in [-0.2, 0) is 7.05 Å². The molecule has 8 heteroatoms. The Morgan fingerprint density at radius 2 is 1.96 bits per heavy atom. The van der Waals surface area contributed by atoms with Crippen molar-refractivity contribution in [1.82, 2.24) is 9.88 Å². The second-order valence-electron chi connectivity index (χ2n) is 6.44. The molecular weight excluding hydrogens is 365 g/mol. The van der Waals surface area contributed by atoms with Gasteiger partial charge in [0.05, 0.1) is 16.0 Å². The maximum absolute atomic E-state index is 13.9. The van der Waals surface area contributed by atoms with Crippen LogP contribution in [0.3, 0.4) is 0 Å². The summed E-state index contributed by atoms with van der Waals surface area (Å²) in [6, 6.07) is 12.6. The molecule has 0 spiro atoms. The van der Waals surface area contributed by atoms with Crippen LogP contribution in [0.5, 0.6) is 5.75 Å². The number of hydrogen-bond donors (Lipinski definition) is 1. The van der Waals surface area contributed by atoms with Gasteiger partial charge in [-0.2, -0.15) is 0 Å². The Kier molecular flexibility index (Phi) is 4.11. The number of nitrogens with one attached hydrogen (secondary N) is 1. The van der Waals surface area contributed by atoms with Gasteiger partial charge in [0, 0.05) is 19.5 Å². The van der Waals surface area contributed by atoms with Gasteiger partial charge >= 0.3 is 5.70 Å². The third-order valence-corrected chi connectivity index (χ3v) is 4.89. The van der Waals surface area contributed by atoms with Crippen LogP contribution in [0.1, 0.15) is 17.0 Å². The summed E-state index contributed by atoms with van der Waals surface area (Å²) < 4.78 is 21.2. The molecule has 28 heavy (non-hydrogen) atoms. The average molecular weight is 381 g/mol. The van der Waals surface area contributed by atoms with Crippen LogP contribution in [0, 0.1) is 15.9 Å². The van der Waals surface area contributed by atoms with Crippen LogP contribution >= 0.6 is 0 Å². The van der Waals surface area contributed by atoms with Crippen LogP contribution in [0.25, 0.3) is 10.9 Å². The third kappa shape index (κ3) is 2.53. The van der Waals surface area contributed by atoms with E-state index in [0.717, 1.165) is 0 Å². The molecular formula is C20H16FN3O4. The van der Waals surface area contributed by atoms with Crippen LogP contribution < -0.4 is 15.6 Å². The molecule has 3 aromatic rings. The van der Waals surface area contributed by atoms with E-state index in [2.05, 4.69) is 5.32 Å². The molecule has 1 atom stereocenters. The monoisotopic (exact) mass is 381 g/mol. The number of aryl methyl sites for hydroxylation is 1. The fourth-order valence-electron chi connectivity index (χ4n) is 3.66. The third-order valence-electron chi connectivity index (χ3n) is 4.89. The topological polar surface area (TPSA) is 86.4 Å². The standard InChI is InChI=1S/C20H16FN3O4/c1-22-19-17(24(26)27)15(11-6-5-7-12(21)10-11)16-18(28-19)13-8-3-4-9-14(13)23(2)20(16)25/h3-10,15,22H,1-2H3. The Morgan fingerprint density at radius 3 is 2.64 bits per heavy atom. The number of fused-ring (bicyclic) bond motifs is 3. The van der Waals surface area contributed by atoms with Crippen molar-refractivity contribution in [2.24, 2.45) is 7.05 Å². The number of rotatable bonds is 3. The van der Waals surface area contributed by atoms with Gasteiger partial charge in [-0.1, -0.05) is 24.3 Å². The van der Waals surface area contributed by atoms with E-state index in [1.54, 1.807) is 37.4 Å². The highest BCUT2D eigenvalue weighted by molar-refractivity contribution is 5.87. The van der Waals surface area contributed by atoms with E-state index < -0.39 is 22.2 Å². The van der Waals surface area contributed by atoms with Gasteiger partial charge in [0.25, 0.3) is 11.4 Å². The largest absolute Gasteiger partial charge is 0.434 e. The summed E-state index contributed by atoms with van der Waals surface area (Å²) in [6.45, 7) is 0. The van der Waals surface area contributed by atoms with Gasteiger partial charge in [-0.15, -0.1) is 0 Å². The van der Waals surface area contributed by atoms with Crippen molar-refractivity contribution in [3.05, 3.63) is 97.5 Å². The number of nitrogens with zero attached hydrogens (tertiary/aromatic N) is 2. The van der Waals surface area contributed by atoms with E-state index in [9.17, 15) is 19.3 Å². The number of nitro groups is 1. The van der Waals surface area contributed by atoms with Crippen molar-refractivity contribution >= 4 is 10.9 Å². The highest BCUT2D eigenvalue weighted by Crippen LogP contribution is 2.44. The van der Waals surface area contributed by atoms with Crippen molar-refractivity contribution < 1.29 is 14.1 Å². The molecule has 1 aliphatic rings. The van der Waals surface area contributed by atoms with E-state index in [4.69, 9.17) is 4.74 Å². The minimum absolute atomic E-state index is 0.0785. The summed E-state index contributed by atoms with van der Waals surface area (Å²) in [5.41, 5.74) is 0.267. The molecule has 1 aliphatic heterocycles. The Bertz CT molecular complexity index is 1220. The summed E-state index contributed by atoms with van der Waals surface area (Å²) in [6.07, 6.45) is 0. The first-order valence-corrected chi connectivity index (χ1v) is 8.55. The summed E-state index contributed by atoms with van der Waals surface area (Å²) in [5, 5.41) is 15.2. The summed E-state index contributed by atoms with van der Waals surface area (Å²) in [4.78, 5) is 24.5. The molecule has 4 rings (SSSR count). The average Bonchev–Trinajstić information content (AvgIpc) is 2.70. The van der Waals surface area contributed by atoms with Crippen LogP contribution in [0.4, 0.5) is 4.39 Å². The molecule has 0 saturated carbocycles. The summed E-state index contributed by atoms with van der Waals surface area (Å²) >= 11 is 0. The fraction of sp³-hybridized carbons (Fsp3) is 0.150. The van der Waals surface area contributed by atoms with Gasteiger partial charge in [0.2, 0.25) is 0 Å². The van der Waals surface area contributed by atoms with Gasteiger partial charge in [-0.3, -0.25) is 14.9 Å². The van der Waals surface area contributed by atoms with Gasteiger partial charge in [-0.25, -0.2) is 4.39 Å². The number of allylic oxidation sites excluding steroid dienone is 1. The van der Waals surface area contributed by atoms with Crippen molar-refractivity contribution in [3.8, 4) is 5.75 Å². The number of benzene rings is 2. The number of pyridine rings is 1. The van der Waals surface area contributed by atoms with Gasteiger partial charge in [0.15, 0.2) is 0 Å². The highest BCUT2D eigenvalue weighted by atomic mass is 19.1. The molecule has 7 nitrogen and oxygen atoms in total. The molecule has 0 bridgehead atoms. The molecule has 0 fully saturated rings. The number of hydrogen-bond acceptors (Lipinski definition) is 5. The van der Waals surface area contributed by atoms with E-state index in [1.165, 1.54) is 29.8 Å². The first-order chi connectivity index (χ1) is 13.4. The second kappa shape index (κ2) is 6.49. The minimum atomic E-state index is -1.08. The zero-order valence-corrected chi connectivity index (χ0v) is 15.1. The predicted octanol–water partition coefficient (Wildman–Crippen LogP) is 2.87. The zero-order chi connectivity index (χ0) is 20.0. The van der Waals surface area contributed by atoms with Gasteiger partial charge < -0.3 is 14.6 Å². The van der Waals surface area contributed by atoms with Crippen molar-refractivity contribution in [3.63, 3.8) is 0 Å². The lowest BCUT2D eigenvalue weighted by Gasteiger charge is -2.27. The molecule has 0 radical (unpaired) electrons. The Hall–Kier alpha value is -3.68. The van der Waals surface area contributed by atoms with E-state index in [1.807, 2.05) is 0 Å². The molecule has 0 saturated heterocycles. The Balaban J connectivity index is 2.16. The number of aromatic nitrogens is 1. The maximum Gasteiger partial charge on any atom is 0.317 e. The lowest BCUT2D eigenvalue weighted by molar-refractivity contribution is -0.432. The lowest BCUT2D eigenvalue weighted by Crippen LogP contribution is -2.34. The van der Waals surface area contributed by atoms with Crippen molar-refractivity contribution in [1.29, 1.82) is 0 Å². The summed E-state index contributed by atoms with van der Waals surface area (Å²) in [7, 11) is 3.09. The highest BCUT2D eigenvalue weighted by Gasteiger charge is 2.42. The van der Waals surface area contributed by atoms with Gasteiger partial charge in [-0.05, 0) is 29.8 Å². The molecule has 1 unspecified atom stereocenters. The molecule has 2 aromatic carbocycles. The SMILES string of the molecule is CNC1=C([N+](=O)[O-])C(c2cccc(F)c2)c2c(c3ccccc3n(C)c2=O)O1. The molecule has 1 N–H and O–H groups in total. The van der Waals surface area contributed by atoms with Crippen LogP contribution in [-0.4, -0.2) is 16.5 Å². The second-order valence-corrected chi connectivity index (χ2v) is 6.44. The van der Waals surface area contributed by atoms with E-state index >= 15 is 0 Å². The van der Waals surface area contributed by atoms with Crippen LogP contribution in [0.2, 0.25) is 0 Å². The van der Waals surface area contributed by atoms with Gasteiger partial charge in [0.1, 0.15) is 17.5 Å². The Morgan fingerprint density at radius 1 is 1.21 bits per heavy atom. The normalized spacial score (nSPS) is 15.9. The molecule has 2 heterocycles. The van der Waals surface area contributed by atoms with E-state index in [-0.39, 0.29) is 22.9 Å². The lowest BCUT2D eigenvalue weighted by atomic mass is 9.86. The fourth-order valence-corrected chi connectivity index (χ4v) is 3.66. The number of halogens is 1. The van der Waals surface area contributed by atoms with E-state index in [0.29, 0.717) is 16.5 Å². The zero-order valence-electron chi connectivity index (χ0n) is 15.1. The summed E-state index contributed by atoms with van der Waals surface area (Å²) in [5.74, 6) is -1.47. The smallest absolute Gasteiger partial charge is 0.317 e. The molecule has 0 aliphatic carbocycles. The molecule has 1 aromatic heterocycles. The maximum atomic E-state index is 13.9. The quantitative estimate of drug-likeness (QED) is 0.557. The van der Waals surface area contributed by atoms with Crippen molar-refractivity contribution in [2.75, 3.05) is 7.05 Å². The first-order valence-electron chi connectivity index (χ1n) is 8.55. The Labute approximate surface area is 158 Å². The molecule has 142 valence electrons. The number of para-hydroxylation sites is 1. The molecule has 0 amide bonds. The first kappa shape index (κ1) is 17.7.